The van der Waals surface area contributed by atoms with Crippen LogP contribution in [0.3, 0.4) is 0 Å². The average molecular weight is 277 g/mol. The molecule has 0 saturated heterocycles. The third kappa shape index (κ3) is 2.39. The fourth-order valence-corrected chi connectivity index (χ4v) is 2.44. The normalized spacial score (nSPS) is 14.9. The Morgan fingerprint density at radius 2 is 1.21 bits per heavy atom. The summed E-state index contributed by atoms with van der Waals surface area (Å²) in [6.07, 6.45) is 0. The highest BCUT2D eigenvalue weighted by molar-refractivity contribution is 6.18. The van der Waals surface area contributed by atoms with Crippen molar-refractivity contribution in [2.24, 2.45) is 0 Å². The zero-order valence-corrected chi connectivity index (χ0v) is 11.5. The van der Waals surface area contributed by atoms with Crippen LogP contribution in [0.25, 0.3) is 0 Å². The minimum absolute atomic E-state index is 0.0761. The first kappa shape index (κ1) is 14.1. The van der Waals surface area contributed by atoms with Crippen molar-refractivity contribution in [1.29, 1.82) is 0 Å². The van der Waals surface area contributed by atoms with Gasteiger partial charge < -0.3 is 10.2 Å². The van der Waals surface area contributed by atoms with Crippen molar-refractivity contribution in [3.8, 4) is 0 Å². The average Bonchev–Trinajstić information content (AvgIpc) is 2.48. The van der Waals surface area contributed by atoms with E-state index in [2.05, 4.69) is 0 Å². The summed E-state index contributed by atoms with van der Waals surface area (Å²) in [6, 6.07) is 18.2. The zero-order chi connectivity index (χ0) is 13.9. The number of hydrogen-bond donors (Lipinski definition) is 2. The Morgan fingerprint density at radius 1 is 0.842 bits per heavy atom. The van der Waals surface area contributed by atoms with Crippen molar-refractivity contribution >= 4 is 11.6 Å². The van der Waals surface area contributed by atoms with Crippen LogP contribution in [0.5, 0.6) is 0 Å². The van der Waals surface area contributed by atoms with Crippen LogP contribution < -0.4 is 0 Å². The molecule has 0 fully saturated rings. The molecule has 0 amide bonds. The first-order valence-corrected chi connectivity index (χ1v) is 6.67. The zero-order valence-electron chi connectivity index (χ0n) is 10.8. The van der Waals surface area contributed by atoms with Crippen LogP contribution in [0.1, 0.15) is 18.1 Å². The van der Waals surface area contributed by atoms with Gasteiger partial charge in [0.25, 0.3) is 0 Å². The van der Waals surface area contributed by atoms with E-state index in [1.165, 1.54) is 0 Å². The first-order chi connectivity index (χ1) is 9.02. The van der Waals surface area contributed by atoms with Crippen LogP contribution in [-0.4, -0.2) is 21.7 Å². The molecule has 0 aromatic heterocycles. The van der Waals surface area contributed by atoms with Gasteiger partial charge in [0.2, 0.25) is 0 Å². The minimum atomic E-state index is -1.54. The minimum Gasteiger partial charge on any atom is -0.385 e. The van der Waals surface area contributed by atoms with E-state index in [1.54, 1.807) is 31.2 Å². The van der Waals surface area contributed by atoms with Gasteiger partial charge in [-0.25, -0.2) is 0 Å². The number of hydrogen-bond acceptors (Lipinski definition) is 2. The van der Waals surface area contributed by atoms with Crippen LogP contribution in [-0.2, 0) is 5.60 Å². The summed E-state index contributed by atoms with van der Waals surface area (Å²) in [5.41, 5.74) is -1.78. The van der Waals surface area contributed by atoms with Gasteiger partial charge in [0.05, 0.1) is 5.88 Å². The standard InChI is InChI=1S/C16H17ClO2/c1-15(18,12-17)16(19,13-8-4-2-5-9-13)14-10-6-3-7-11-14/h2-11,18-19H,12H2,1H3. The largest absolute Gasteiger partial charge is 0.385 e. The van der Waals surface area contributed by atoms with Crippen LogP contribution in [0.2, 0.25) is 0 Å². The maximum absolute atomic E-state index is 11.1. The molecular formula is C16H17ClO2. The molecule has 100 valence electrons. The molecule has 2 nitrogen and oxygen atoms in total. The second-order valence-corrected chi connectivity index (χ2v) is 5.12. The topological polar surface area (TPSA) is 40.5 Å². The molecule has 3 heteroatoms. The Labute approximate surface area is 118 Å². The van der Waals surface area contributed by atoms with Gasteiger partial charge in [-0.1, -0.05) is 60.7 Å². The fourth-order valence-electron chi connectivity index (χ4n) is 2.24. The van der Waals surface area contributed by atoms with Crippen LogP contribution in [0, 0.1) is 0 Å². The molecule has 0 heterocycles. The molecule has 19 heavy (non-hydrogen) atoms. The van der Waals surface area contributed by atoms with E-state index >= 15 is 0 Å². The third-order valence-corrected chi connectivity index (χ3v) is 3.94. The Hall–Kier alpha value is -1.35. The second-order valence-electron chi connectivity index (χ2n) is 4.85. The van der Waals surface area contributed by atoms with E-state index in [0.29, 0.717) is 11.1 Å². The molecule has 0 spiro atoms. The lowest BCUT2D eigenvalue weighted by molar-refractivity contribution is -0.107. The molecule has 0 radical (unpaired) electrons. The molecule has 2 rings (SSSR count). The maximum Gasteiger partial charge on any atom is 0.144 e. The van der Waals surface area contributed by atoms with E-state index in [1.807, 2.05) is 36.4 Å². The molecule has 2 aromatic carbocycles. The van der Waals surface area contributed by atoms with Crippen molar-refractivity contribution in [2.45, 2.75) is 18.1 Å². The molecule has 2 N–H and O–H groups in total. The van der Waals surface area contributed by atoms with Gasteiger partial charge in [-0.2, -0.15) is 0 Å². The molecule has 0 saturated carbocycles. The lowest BCUT2D eigenvalue weighted by Crippen LogP contribution is -2.51. The predicted octanol–water partition coefficient (Wildman–Crippen LogP) is 2.91. The number of benzene rings is 2. The van der Waals surface area contributed by atoms with Gasteiger partial charge in [0, 0.05) is 0 Å². The molecule has 2 aromatic rings. The van der Waals surface area contributed by atoms with Crippen LogP contribution >= 0.6 is 11.6 Å². The Morgan fingerprint density at radius 3 is 1.53 bits per heavy atom. The van der Waals surface area contributed by atoms with Gasteiger partial charge in [0.15, 0.2) is 0 Å². The van der Waals surface area contributed by atoms with Crippen molar-refractivity contribution in [1.82, 2.24) is 0 Å². The van der Waals surface area contributed by atoms with Gasteiger partial charge >= 0.3 is 0 Å². The van der Waals surface area contributed by atoms with Crippen molar-refractivity contribution in [3.05, 3.63) is 71.8 Å². The highest BCUT2D eigenvalue weighted by atomic mass is 35.5. The molecule has 0 aliphatic heterocycles. The highest BCUT2D eigenvalue weighted by Crippen LogP contribution is 2.39. The molecular weight excluding hydrogens is 260 g/mol. The lowest BCUT2D eigenvalue weighted by atomic mass is 9.75. The highest BCUT2D eigenvalue weighted by Gasteiger charge is 2.47. The Balaban J connectivity index is 2.65. The number of rotatable bonds is 4. The van der Waals surface area contributed by atoms with Crippen molar-refractivity contribution < 1.29 is 10.2 Å². The van der Waals surface area contributed by atoms with E-state index < -0.39 is 11.2 Å². The van der Waals surface area contributed by atoms with Gasteiger partial charge in [-0.3, -0.25) is 0 Å². The van der Waals surface area contributed by atoms with Crippen LogP contribution in [0.15, 0.2) is 60.7 Å². The summed E-state index contributed by atoms with van der Waals surface area (Å²) < 4.78 is 0. The van der Waals surface area contributed by atoms with E-state index in [9.17, 15) is 10.2 Å². The van der Waals surface area contributed by atoms with Crippen molar-refractivity contribution in [3.63, 3.8) is 0 Å². The molecule has 0 aliphatic rings. The summed E-state index contributed by atoms with van der Waals surface area (Å²) in [5, 5.41) is 21.7. The predicted molar refractivity (Wildman–Crippen MR) is 77.2 cm³/mol. The van der Waals surface area contributed by atoms with E-state index in [4.69, 9.17) is 11.6 Å². The summed E-state index contributed by atoms with van der Waals surface area (Å²) in [6.45, 7) is 1.54. The Kier molecular flexibility index (Phi) is 3.95. The fraction of sp³-hybridized carbons (Fsp3) is 0.250. The SMILES string of the molecule is CC(O)(CCl)C(O)(c1ccccc1)c1ccccc1. The summed E-state index contributed by atoms with van der Waals surface area (Å²) >= 11 is 5.87. The monoisotopic (exact) mass is 276 g/mol. The van der Waals surface area contributed by atoms with Crippen molar-refractivity contribution in [2.75, 3.05) is 5.88 Å². The number of aliphatic hydroxyl groups is 2. The summed E-state index contributed by atoms with van der Waals surface area (Å²) in [7, 11) is 0. The molecule has 0 bridgehead atoms. The van der Waals surface area contributed by atoms with Gasteiger partial charge in [0.1, 0.15) is 11.2 Å². The quantitative estimate of drug-likeness (QED) is 0.843. The second kappa shape index (κ2) is 5.33. The molecule has 1 atom stereocenters. The number of alkyl halides is 1. The first-order valence-electron chi connectivity index (χ1n) is 6.14. The maximum atomic E-state index is 11.1. The van der Waals surface area contributed by atoms with Gasteiger partial charge in [-0.05, 0) is 18.1 Å². The lowest BCUT2D eigenvalue weighted by Gasteiger charge is -2.41. The summed E-state index contributed by atoms with van der Waals surface area (Å²) in [5.74, 6) is -0.0761. The third-order valence-electron chi connectivity index (χ3n) is 3.42. The molecule has 0 aliphatic carbocycles. The number of halogens is 1. The van der Waals surface area contributed by atoms with Crippen LogP contribution in [0.4, 0.5) is 0 Å². The molecule has 1 unspecified atom stereocenters. The van der Waals surface area contributed by atoms with E-state index in [-0.39, 0.29) is 5.88 Å². The smallest absolute Gasteiger partial charge is 0.144 e. The summed E-state index contributed by atoms with van der Waals surface area (Å²) in [4.78, 5) is 0. The van der Waals surface area contributed by atoms with Gasteiger partial charge in [-0.15, -0.1) is 11.6 Å². The van der Waals surface area contributed by atoms with E-state index in [0.717, 1.165) is 0 Å². The Bertz CT molecular complexity index is 483.